The monoisotopic (exact) mass is 563 g/mol. The number of amides is 2. The maximum Gasteiger partial charge on any atom is 0.412 e. The summed E-state index contributed by atoms with van der Waals surface area (Å²) in [7, 11) is -1.03. The summed E-state index contributed by atoms with van der Waals surface area (Å²) in [4.78, 5) is 27.1. The topological polar surface area (TPSA) is 123 Å². The van der Waals surface area contributed by atoms with Crippen LogP contribution in [0.25, 0.3) is 0 Å². The molecule has 0 bridgehead atoms. The van der Waals surface area contributed by atoms with Crippen LogP contribution in [0.3, 0.4) is 0 Å². The summed E-state index contributed by atoms with van der Waals surface area (Å²) in [5.74, 6) is 0.101. The molecule has 0 unspecified atom stereocenters. The van der Waals surface area contributed by atoms with Crippen molar-refractivity contribution in [1.82, 2.24) is 14.9 Å². The lowest BCUT2D eigenvalue weighted by Crippen LogP contribution is -2.46. The second-order valence-electron chi connectivity index (χ2n) is 9.18. The lowest BCUT2D eigenvalue weighted by molar-refractivity contribution is -0.132. The fourth-order valence-corrected chi connectivity index (χ4v) is 5.52. The number of ether oxygens (including phenoxy) is 3. The molecule has 0 aliphatic carbocycles. The summed E-state index contributed by atoms with van der Waals surface area (Å²) in [6.07, 6.45) is 0.436. The van der Waals surface area contributed by atoms with Gasteiger partial charge in [0.2, 0.25) is 15.9 Å². The zero-order chi connectivity index (χ0) is 28.6. The fraction of sp³-hybridized carbons (Fsp3) is 0.407. The van der Waals surface area contributed by atoms with Gasteiger partial charge in [-0.3, -0.25) is 4.79 Å². The predicted octanol–water partition coefficient (Wildman–Crippen LogP) is 3.37. The Morgan fingerprint density at radius 3 is 2.54 bits per heavy atom. The number of alkyl carbamates (subject to hydrolysis) is 1. The molecule has 2 N–H and O–H groups in total. The van der Waals surface area contributed by atoms with Crippen LogP contribution in [0.4, 0.5) is 9.18 Å². The number of benzene rings is 2. The highest BCUT2D eigenvalue weighted by atomic mass is 32.2. The van der Waals surface area contributed by atoms with Gasteiger partial charge in [0, 0.05) is 37.7 Å². The van der Waals surface area contributed by atoms with Crippen LogP contribution in [-0.4, -0.2) is 64.7 Å². The zero-order valence-electron chi connectivity index (χ0n) is 22.2. The molecule has 0 aromatic heterocycles. The molecule has 10 nitrogen and oxygen atoms in total. The number of halogens is 1. The van der Waals surface area contributed by atoms with Gasteiger partial charge < -0.3 is 24.4 Å². The van der Waals surface area contributed by atoms with Crippen LogP contribution >= 0.6 is 0 Å². The molecule has 3 rings (SSSR count). The Kier molecular flexibility index (Phi) is 10.3. The van der Waals surface area contributed by atoms with Crippen molar-refractivity contribution in [1.29, 1.82) is 0 Å². The van der Waals surface area contributed by atoms with Gasteiger partial charge in [-0.05, 0) is 49.9 Å². The van der Waals surface area contributed by atoms with Gasteiger partial charge in [-0.15, -0.1) is 0 Å². The molecule has 2 atom stereocenters. The van der Waals surface area contributed by atoms with Crippen LogP contribution in [-0.2, 0) is 26.0 Å². The van der Waals surface area contributed by atoms with E-state index < -0.39 is 28.0 Å². The molecule has 1 fully saturated rings. The minimum Gasteiger partial charge on any atom is -0.493 e. The Bertz CT molecular complexity index is 1300. The first-order valence-corrected chi connectivity index (χ1v) is 13.9. The predicted molar refractivity (Wildman–Crippen MR) is 142 cm³/mol. The van der Waals surface area contributed by atoms with Crippen LogP contribution in [0, 0.1) is 5.82 Å². The second kappa shape index (κ2) is 13.4. The van der Waals surface area contributed by atoms with Gasteiger partial charge in [-0.2, -0.15) is 0 Å². The van der Waals surface area contributed by atoms with Gasteiger partial charge in [0.15, 0.2) is 11.5 Å². The summed E-state index contributed by atoms with van der Waals surface area (Å²) in [6, 6.07) is 9.24. The van der Waals surface area contributed by atoms with Crippen LogP contribution < -0.4 is 19.5 Å². The molecule has 1 saturated heterocycles. The van der Waals surface area contributed by atoms with E-state index in [0.717, 1.165) is 0 Å². The number of nitrogens with one attached hydrogen (secondary N) is 2. The Balaban J connectivity index is 1.69. The first kappa shape index (κ1) is 29.9. The van der Waals surface area contributed by atoms with E-state index >= 15 is 0 Å². The van der Waals surface area contributed by atoms with E-state index in [2.05, 4.69) is 16.6 Å². The number of likely N-dealkylation sites (tertiary alicyclic amines) is 1. The van der Waals surface area contributed by atoms with Gasteiger partial charge >= 0.3 is 6.09 Å². The van der Waals surface area contributed by atoms with Gasteiger partial charge in [0.25, 0.3) is 0 Å². The van der Waals surface area contributed by atoms with Gasteiger partial charge in [-0.1, -0.05) is 24.8 Å². The molecule has 0 spiro atoms. The van der Waals surface area contributed by atoms with E-state index in [1.165, 1.54) is 45.4 Å². The van der Waals surface area contributed by atoms with Crippen LogP contribution in [0.5, 0.6) is 11.5 Å². The molecular formula is C27H34FN3O7S. The van der Waals surface area contributed by atoms with Crippen molar-refractivity contribution in [2.45, 2.75) is 49.6 Å². The van der Waals surface area contributed by atoms with E-state index in [0.29, 0.717) is 30.7 Å². The van der Waals surface area contributed by atoms with E-state index in [-0.39, 0.29) is 47.7 Å². The number of carbonyl (C=O) groups is 2. The molecule has 39 heavy (non-hydrogen) atoms. The lowest BCUT2D eigenvalue weighted by Gasteiger charge is -2.27. The van der Waals surface area contributed by atoms with Crippen molar-refractivity contribution in [2.24, 2.45) is 0 Å². The number of hydrogen-bond acceptors (Lipinski definition) is 7. The van der Waals surface area contributed by atoms with Crippen molar-refractivity contribution in [2.75, 3.05) is 27.3 Å². The van der Waals surface area contributed by atoms with Crippen LogP contribution in [0.15, 0.2) is 59.7 Å². The quantitative estimate of drug-likeness (QED) is 0.380. The largest absolute Gasteiger partial charge is 0.493 e. The number of methoxy groups -OCH3 is 2. The first-order chi connectivity index (χ1) is 18.5. The molecule has 212 valence electrons. The average molecular weight is 564 g/mol. The SMILES string of the molecule is C=C(C)OC(=O)N[C@@H](CC(=O)N1CCC[C@H]1CNS(=O)(=O)c1ccc(OC)c(OC)c1)Cc1ccccc1F. The fourth-order valence-electron chi connectivity index (χ4n) is 4.44. The maximum atomic E-state index is 14.3. The van der Waals surface area contributed by atoms with Gasteiger partial charge in [0.05, 0.1) is 24.9 Å². The van der Waals surface area contributed by atoms with Crippen molar-refractivity contribution < 1.29 is 36.6 Å². The lowest BCUT2D eigenvalue weighted by atomic mass is 10.0. The summed E-state index contributed by atoms with van der Waals surface area (Å²) in [5.41, 5.74) is 0.339. The average Bonchev–Trinajstić information content (AvgIpc) is 3.37. The summed E-state index contributed by atoms with van der Waals surface area (Å²) in [6.45, 7) is 5.48. The maximum absolute atomic E-state index is 14.3. The highest BCUT2D eigenvalue weighted by Crippen LogP contribution is 2.29. The van der Waals surface area contributed by atoms with Crippen molar-refractivity contribution in [3.63, 3.8) is 0 Å². The Labute approximate surface area is 228 Å². The normalized spacial score (nSPS) is 15.9. The number of rotatable bonds is 12. The van der Waals surface area contributed by atoms with Gasteiger partial charge in [-0.25, -0.2) is 22.3 Å². The minimum absolute atomic E-state index is 0.00111. The van der Waals surface area contributed by atoms with Crippen LogP contribution in [0.1, 0.15) is 31.7 Å². The van der Waals surface area contributed by atoms with Gasteiger partial charge in [0.1, 0.15) is 5.82 Å². The smallest absolute Gasteiger partial charge is 0.412 e. The zero-order valence-corrected chi connectivity index (χ0v) is 23.1. The summed E-state index contributed by atoms with van der Waals surface area (Å²) < 4.78 is 58.1. The number of allylic oxidation sites excluding steroid dienone is 1. The number of nitrogens with zero attached hydrogens (tertiary/aromatic N) is 1. The van der Waals surface area contributed by atoms with E-state index in [1.807, 2.05) is 0 Å². The molecule has 12 heteroatoms. The third-order valence-electron chi connectivity index (χ3n) is 6.31. The highest BCUT2D eigenvalue weighted by Gasteiger charge is 2.32. The molecular weight excluding hydrogens is 529 g/mol. The van der Waals surface area contributed by atoms with E-state index in [9.17, 15) is 22.4 Å². The van der Waals surface area contributed by atoms with Crippen molar-refractivity contribution in [3.05, 3.63) is 66.2 Å². The molecule has 1 heterocycles. The van der Waals surface area contributed by atoms with Crippen molar-refractivity contribution >= 4 is 22.0 Å². The Morgan fingerprint density at radius 1 is 1.15 bits per heavy atom. The second-order valence-corrected chi connectivity index (χ2v) is 11.0. The highest BCUT2D eigenvalue weighted by molar-refractivity contribution is 7.89. The Morgan fingerprint density at radius 2 is 1.87 bits per heavy atom. The summed E-state index contributed by atoms with van der Waals surface area (Å²) >= 11 is 0. The number of hydrogen-bond donors (Lipinski definition) is 2. The molecule has 2 amide bonds. The minimum atomic E-state index is -3.90. The van der Waals surface area contributed by atoms with E-state index in [4.69, 9.17) is 14.2 Å². The van der Waals surface area contributed by atoms with E-state index in [1.54, 1.807) is 23.1 Å². The molecule has 0 saturated carbocycles. The summed E-state index contributed by atoms with van der Waals surface area (Å²) in [5, 5.41) is 2.62. The number of carbonyl (C=O) groups excluding carboxylic acids is 2. The molecule has 2 aromatic rings. The molecule has 0 radical (unpaired) electrons. The molecule has 1 aliphatic heterocycles. The van der Waals surface area contributed by atoms with Crippen molar-refractivity contribution in [3.8, 4) is 11.5 Å². The number of sulfonamides is 1. The standard InChI is InChI=1S/C27H34FN3O7S/c1-18(2)38-27(33)30-20(14-19-8-5-6-10-23(19)28)15-26(32)31-13-7-9-21(31)17-29-39(34,35)22-11-12-24(36-3)25(16-22)37-4/h5-6,8,10-12,16,20-21,29H,1,7,9,13-15,17H2,2-4H3,(H,30,33)/t20-,21+/m1/s1. The van der Waals surface area contributed by atoms with Crippen LogP contribution in [0.2, 0.25) is 0 Å². The third-order valence-corrected chi connectivity index (χ3v) is 7.73. The first-order valence-electron chi connectivity index (χ1n) is 12.4. The Hall–Kier alpha value is -3.64. The third kappa shape index (κ3) is 8.17. The molecule has 2 aromatic carbocycles. The molecule has 1 aliphatic rings.